The van der Waals surface area contributed by atoms with E-state index in [9.17, 15) is 0 Å². The molecule has 2 aliphatic carbocycles. The lowest BCUT2D eigenvalue weighted by Crippen LogP contribution is -2.06. The van der Waals surface area contributed by atoms with E-state index in [1.54, 1.807) is 5.57 Å². The fraction of sp³-hybridized carbons (Fsp3) is 0.867. The van der Waals surface area contributed by atoms with Gasteiger partial charge < -0.3 is 0 Å². The molecule has 0 aromatic heterocycles. The first-order valence-corrected chi connectivity index (χ1v) is 6.93. The summed E-state index contributed by atoms with van der Waals surface area (Å²) >= 11 is 0. The number of hydrogen-bond acceptors (Lipinski definition) is 0. The van der Waals surface area contributed by atoms with Gasteiger partial charge in [-0.3, -0.25) is 0 Å². The summed E-state index contributed by atoms with van der Waals surface area (Å²) in [6, 6.07) is 0. The van der Waals surface area contributed by atoms with Gasteiger partial charge in [-0.1, -0.05) is 49.7 Å². The van der Waals surface area contributed by atoms with E-state index in [2.05, 4.69) is 13.8 Å². The largest absolute Gasteiger partial charge is 0.0769 e. The summed E-state index contributed by atoms with van der Waals surface area (Å²) in [4.78, 5) is 0. The van der Waals surface area contributed by atoms with Crippen molar-refractivity contribution in [3.63, 3.8) is 0 Å². The highest BCUT2D eigenvalue weighted by Gasteiger charge is 2.24. The van der Waals surface area contributed by atoms with E-state index < -0.39 is 0 Å². The van der Waals surface area contributed by atoms with Crippen molar-refractivity contribution in [1.82, 2.24) is 0 Å². The van der Waals surface area contributed by atoms with Crippen LogP contribution in [0.4, 0.5) is 0 Å². The number of allylic oxidation sites excluding steroid dienone is 2. The molecule has 2 rings (SSSR count). The lowest BCUT2D eigenvalue weighted by atomic mass is 9.85. The first-order chi connectivity index (χ1) is 7.27. The molecule has 0 amide bonds. The molecule has 0 heteroatoms. The normalized spacial score (nSPS) is 23.6. The minimum absolute atomic E-state index is 0.968. The molecule has 0 N–H and O–H groups in total. The van der Waals surface area contributed by atoms with Crippen molar-refractivity contribution >= 4 is 0 Å². The van der Waals surface area contributed by atoms with Crippen molar-refractivity contribution in [2.75, 3.05) is 0 Å². The van der Waals surface area contributed by atoms with Crippen LogP contribution in [0, 0.1) is 11.8 Å². The maximum Gasteiger partial charge on any atom is -0.0201 e. The molecule has 0 aromatic carbocycles. The topological polar surface area (TPSA) is 0 Å². The van der Waals surface area contributed by atoms with Gasteiger partial charge in [-0.05, 0) is 44.9 Å². The molecule has 0 atom stereocenters. The van der Waals surface area contributed by atoms with Crippen LogP contribution in [-0.2, 0) is 0 Å². The quantitative estimate of drug-likeness (QED) is 0.564. The van der Waals surface area contributed by atoms with Gasteiger partial charge in [0, 0.05) is 0 Å². The van der Waals surface area contributed by atoms with Crippen LogP contribution < -0.4 is 0 Å². The van der Waals surface area contributed by atoms with Gasteiger partial charge in [0.25, 0.3) is 0 Å². The van der Waals surface area contributed by atoms with Crippen LogP contribution in [0.15, 0.2) is 11.1 Å². The molecule has 2 fully saturated rings. The Morgan fingerprint density at radius 3 is 1.93 bits per heavy atom. The van der Waals surface area contributed by atoms with Crippen molar-refractivity contribution in [2.45, 2.75) is 71.6 Å². The zero-order chi connectivity index (χ0) is 10.7. The lowest BCUT2D eigenvalue weighted by molar-refractivity contribution is 0.490. The van der Waals surface area contributed by atoms with Gasteiger partial charge in [-0.15, -0.1) is 0 Å². The van der Waals surface area contributed by atoms with E-state index in [0.29, 0.717) is 0 Å². The third-order valence-electron chi connectivity index (χ3n) is 4.47. The molecule has 0 spiro atoms. The predicted molar refractivity (Wildman–Crippen MR) is 66.9 cm³/mol. The summed E-state index contributed by atoms with van der Waals surface area (Å²) in [6.45, 7) is 4.67. The second-order valence-corrected chi connectivity index (χ2v) is 5.86. The molecule has 0 nitrogen and oxygen atoms in total. The molecule has 15 heavy (non-hydrogen) atoms. The minimum atomic E-state index is 0.968. The molecule has 0 unspecified atom stereocenters. The Labute approximate surface area is 95.1 Å². The van der Waals surface area contributed by atoms with E-state index in [0.717, 1.165) is 11.8 Å². The Kier molecular flexibility index (Phi) is 3.88. The van der Waals surface area contributed by atoms with Crippen LogP contribution in [0.5, 0.6) is 0 Å². The van der Waals surface area contributed by atoms with Crippen molar-refractivity contribution in [1.29, 1.82) is 0 Å². The standard InChI is InChI=1S/C15H26/c1-12(2)15(14-9-5-6-10-14)11-13-7-3-4-8-13/h13-14H,3-11H2,1-2H3. The van der Waals surface area contributed by atoms with E-state index in [4.69, 9.17) is 0 Å². The second-order valence-electron chi connectivity index (χ2n) is 5.86. The zero-order valence-electron chi connectivity index (χ0n) is 10.5. The van der Waals surface area contributed by atoms with Crippen molar-refractivity contribution in [3.05, 3.63) is 11.1 Å². The molecule has 0 heterocycles. The molecular weight excluding hydrogens is 180 g/mol. The van der Waals surface area contributed by atoms with Crippen LogP contribution in [0.1, 0.15) is 71.6 Å². The lowest BCUT2D eigenvalue weighted by Gasteiger charge is -2.20. The van der Waals surface area contributed by atoms with E-state index >= 15 is 0 Å². The van der Waals surface area contributed by atoms with Crippen molar-refractivity contribution in [3.8, 4) is 0 Å². The van der Waals surface area contributed by atoms with Gasteiger partial charge in [0.15, 0.2) is 0 Å². The molecule has 0 aromatic rings. The highest BCUT2D eigenvalue weighted by molar-refractivity contribution is 5.15. The van der Waals surface area contributed by atoms with Crippen LogP contribution in [0.2, 0.25) is 0 Å². The smallest absolute Gasteiger partial charge is 0.0201 e. The highest BCUT2D eigenvalue weighted by atomic mass is 14.3. The Morgan fingerprint density at radius 2 is 1.40 bits per heavy atom. The fourth-order valence-corrected chi connectivity index (χ4v) is 3.58. The summed E-state index contributed by atoms with van der Waals surface area (Å²) < 4.78 is 0. The molecule has 0 bridgehead atoms. The highest BCUT2D eigenvalue weighted by Crippen LogP contribution is 2.39. The van der Waals surface area contributed by atoms with E-state index in [1.165, 1.54) is 57.8 Å². The third kappa shape index (κ3) is 2.86. The minimum Gasteiger partial charge on any atom is -0.0769 e. The maximum absolute atomic E-state index is 2.34. The van der Waals surface area contributed by atoms with Crippen LogP contribution in [-0.4, -0.2) is 0 Å². The third-order valence-corrected chi connectivity index (χ3v) is 4.47. The first-order valence-electron chi connectivity index (χ1n) is 6.93. The molecular formula is C15H26. The van der Waals surface area contributed by atoms with Gasteiger partial charge in [0.05, 0.1) is 0 Å². The van der Waals surface area contributed by atoms with Gasteiger partial charge in [0.1, 0.15) is 0 Å². The molecule has 2 saturated carbocycles. The number of hydrogen-bond donors (Lipinski definition) is 0. The van der Waals surface area contributed by atoms with E-state index in [-0.39, 0.29) is 0 Å². The Balaban J connectivity index is 1.96. The summed E-state index contributed by atoms with van der Waals surface area (Å²) in [5.41, 5.74) is 3.48. The summed E-state index contributed by atoms with van der Waals surface area (Å²) in [5, 5.41) is 0. The second kappa shape index (κ2) is 5.18. The Bertz CT molecular complexity index is 220. The molecule has 0 radical (unpaired) electrons. The van der Waals surface area contributed by atoms with Gasteiger partial charge in [-0.25, -0.2) is 0 Å². The summed E-state index contributed by atoms with van der Waals surface area (Å²) in [6.07, 6.45) is 13.3. The monoisotopic (exact) mass is 206 g/mol. The molecule has 0 aliphatic heterocycles. The SMILES string of the molecule is CC(C)=C(CC1CCCC1)C1CCCC1. The molecule has 0 saturated heterocycles. The van der Waals surface area contributed by atoms with Crippen LogP contribution >= 0.6 is 0 Å². The Hall–Kier alpha value is -0.260. The van der Waals surface area contributed by atoms with Crippen molar-refractivity contribution in [2.24, 2.45) is 11.8 Å². The average molecular weight is 206 g/mol. The molecule has 86 valence electrons. The summed E-state index contributed by atoms with van der Waals surface area (Å²) in [7, 11) is 0. The van der Waals surface area contributed by atoms with Gasteiger partial charge >= 0.3 is 0 Å². The van der Waals surface area contributed by atoms with Crippen LogP contribution in [0.25, 0.3) is 0 Å². The summed E-state index contributed by atoms with van der Waals surface area (Å²) in [5.74, 6) is 2.01. The van der Waals surface area contributed by atoms with E-state index in [1.807, 2.05) is 5.57 Å². The molecule has 2 aliphatic rings. The predicted octanol–water partition coefficient (Wildman–Crippen LogP) is 5.09. The maximum atomic E-state index is 2.34. The van der Waals surface area contributed by atoms with Crippen LogP contribution in [0.3, 0.4) is 0 Å². The van der Waals surface area contributed by atoms with Gasteiger partial charge in [0.2, 0.25) is 0 Å². The Morgan fingerprint density at radius 1 is 0.867 bits per heavy atom. The first kappa shape index (κ1) is 11.2. The fourth-order valence-electron chi connectivity index (χ4n) is 3.58. The van der Waals surface area contributed by atoms with Crippen molar-refractivity contribution < 1.29 is 0 Å². The van der Waals surface area contributed by atoms with Gasteiger partial charge in [-0.2, -0.15) is 0 Å². The number of rotatable bonds is 3. The average Bonchev–Trinajstić information content (AvgIpc) is 2.87. The zero-order valence-corrected chi connectivity index (χ0v) is 10.5.